The van der Waals surface area contributed by atoms with E-state index in [1.54, 1.807) is 12.1 Å². The molecule has 0 amide bonds. The van der Waals surface area contributed by atoms with Gasteiger partial charge in [0.15, 0.2) is 0 Å². The van der Waals surface area contributed by atoms with Gasteiger partial charge in [0.2, 0.25) is 0 Å². The zero-order valence-corrected chi connectivity index (χ0v) is 13.6. The number of allylic oxidation sites excluding steroid dienone is 2. The molecule has 0 aromatic heterocycles. The van der Waals surface area contributed by atoms with E-state index in [4.69, 9.17) is 23.2 Å². The Morgan fingerprint density at radius 2 is 1.91 bits per heavy atom. The van der Waals surface area contributed by atoms with Crippen molar-refractivity contribution in [3.63, 3.8) is 0 Å². The Bertz CT molecular complexity index is 819. The molecule has 0 saturated heterocycles. The molecular weight excluding hydrogens is 333 g/mol. The lowest BCUT2D eigenvalue weighted by molar-refractivity contribution is 0.396. The van der Waals surface area contributed by atoms with Crippen LogP contribution in [0, 0.1) is 5.92 Å². The molecular formula is C18H15Cl2NO2. The maximum Gasteiger partial charge on any atom is 0.139 e. The number of fused-ring (bicyclic) bond motifs is 3. The van der Waals surface area contributed by atoms with E-state index in [1.165, 1.54) is 6.07 Å². The first-order valence-corrected chi connectivity index (χ1v) is 8.25. The molecule has 0 bridgehead atoms. The van der Waals surface area contributed by atoms with Crippen molar-refractivity contribution in [3.8, 4) is 11.5 Å². The Labute approximate surface area is 144 Å². The summed E-state index contributed by atoms with van der Waals surface area (Å²) in [5.74, 6) is 0.683. The smallest absolute Gasteiger partial charge is 0.139 e. The van der Waals surface area contributed by atoms with Crippen LogP contribution in [0.15, 0.2) is 42.5 Å². The first-order chi connectivity index (χ1) is 11.1. The van der Waals surface area contributed by atoms with Crippen molar-refractivity contribution in [2.45, 2.75) is 18.4 Å². The maximum atomic E-state index is 10.4. The number of hydrogen-bond donors (Lipinski definition) is 3. The topological polar surface area (TPSA) is 52.5 Å². The van der Waals surface area contributed by atoms with Gasteiger partial charge in [-0.2, -0.15) is 0 Å². The average molecular weight is 348 g/mol. The molecule has 0 spiro atoms. The maximum absolute atomic E-state index is 10.4. The minimum atomic E-state index is -0.174. The molecule has 1 aliphatic heterocycles. The van der Waals surface area contributed by atoms with Gasteiger partial charge in [0.1, 0.15) is 11.5 Å². The second-order valence-electron chi connectivity index (χ2n) is 6.04. The van der Waals surface area contributed by atoms with Crippen LogP contribution in [0.1, 0.15) is 29.5 Å². The zero-order chi connectivity index (χ0) is 16.1. The largest absolute Gasteiger partial charge is 0.506 e. The Morgan fingerprint density at radius 1 is 1.09 bits per heavy atom. The van der Waals surface area contributed by atoms with Crippen LogP contribution in [0.3, 0.4) is 0 Å². The first kappa shape index (κ1) is 14.7. The Kier molecular flexibility index (Phi) is 3.43. The van der Waals surface area contributed by atoms with Gasteiger partial charge in [-0.3, -0.25) is 0 Å². The first-order valence-electron chi connectivity index (χ1n) is 7.49. The molecule has 23 heavy (non-hydrogen) atoms. The van der Waals surface area contributed by atoms with Gasteiger partial charge in [-0.25, -0.2) is 0 Å². The third kappa shape index (κ3) is 2.27. The second kappa shape index (κ2) is 5.36. The van der Waals surface area contributed by atoms with Gasteiger partial charge < -0.3 is 15.5 Å². The molecule has 4 rings (SSSR count). The van der Waals surface area contributed by atoms with E-state index < -0.39 is 0 Å². The van der Waals surface area contributed by atoms with Gasteiger partial charge in [0, 0.05) is 16.5 Å². The molecule has 3 atom stereocenters. The summed E-state index contributed by atoms with van der Waals surface area (Å²) in [4.78, 5) is 0. The highest BCUT2D eigenvalue weighted by atomic mass is 35.5. The van der Waals surface area contributed by atoms with Crippen LogP contribution < -0.4 is 5.32 Å². The summed E-state index contributed by atoms with van der Waals surface area (Å²) in [5, 5.41) is 24.7. The van der Waals surface area contributed by atoms with Gasteiger partial charge in [0.25, 0.3) is 0 Å². The second-order valence-corrected chi connectivity index (χ2v) is 6.89. The van der Waals surface area contributed by atoms with Crippen molar-refractivity contribution in [2.75, 3.05) is 5.32 Å². The molecule has 2 aromatic rings. The summed E-state index contributed by atoms with van der Waals surface area (Å²) in [6.45, 7) is 0. The molecule has 3 N–H and O–H groups in total. The van der Waals surface area contributed by atoms with Crippen LogP contribution in [0.5, 0.6) is 11.5 Å². The van der Waals surface area contributed by atoms with Crippen LogP contribution >= 0.6 is 23.2 Å². The standard InChI is InChI=1S/C18H15Cl2NO2/c19-9-7-13(18(23)14(20)8-9)16-11-4-1-3-10(11)12-5-2-6-15(22)17(12)21-16/h1-3,5-8,10-11,16,21-23H,4H2. The van der Waals surface area contributed by atoms with E-state index in [9.17, 15) is 10.2 Å². The van der Waals surface area contributed by atoms with E-state index >= 15 is 0 Å². The van der Waals surface area contributed by atoms with E-state index in [-0.39, 0.29) is 34.4 Å². The van der Waals surface area contributed by atoms with E-state index in [0.717, 1.165) is 12.0 Å². The van der Waals surface area contributed by atoms with Crippen LogP contribution in [-0.2, 0) is 0 Å². The molecule has 2 aliphatic rings. The average Bonchev–Trinajstić information content (AvgIpc) is 3.00. The Morgan fingerprint density at radius 3 is 2.74 bits per heavy atom. The lowest BCUT2D eigenvalue weighted by Crippen LogP contribution is -2.29. The van der Waals surface area contributed by atoms with Crippen LogP contribution in [0.25, 0.3) is 0 Å². The molecule has 0 fully saturated rings. The lowest BCUT2D eigenvalue weighted by Gasteiger charge is -2.38. The number of benzene rings is 2. The number of hydrogen-bond acceptors (Lipinski definition) is 3. The molecule has 1 heterocycles. The minimum Gasteiger partial charge on any atom is -0.506 e. The van der Waals surface area contributed by atoms with Crippen molar-refractivity contribution in [1.82, 2.24) is 0 Å². The molecule has 5 heteroatoms. The Balaban J connectivity index is 1.87. The third-order valence-electron chi connectivity index (χ3n) is 4.77. The van der Waals surface area contributed by atoms with Crippen molar-refractivity contribution >= 4 is 28.9 Å². The summed E-state index contributed by atoms with van der Waals surface area (Å²) < 4.78 is 0. The van der Waals surface area contributed by atoms with E-state index in [0.29, 0.717) is 16.3 Å². The normalized spacial score (nSPS) is 24.9. The molecule has 3 unspecified atom stereocenters. The molecule has 3 nitrogen and oxygen atoms in total. The fourth-order valence-electron chi connectivity index (χ4n) is 3.74. The zero-order valence-electron chi connectivity index (χ0n) is 12.1. The van der Waals surface area contributed by atoms with E-state index in [1.807, 2.05) is 12.1 Å². The highest BCUT2D eigenvalue weighted by Gasteiger charge is 2.40. The van der Waals surface area contributed by atoms with Crippen molar-refractivity contribution in [2.24, 2.45) is 5.92 Å². The molecule has 0 saturated carbocycles. The number of anilines is 1. The highest BCUT2D eigenvalue weighted by Crippen LogP contribution is 2.53. The Hall–Kier alpha value is -1.84. The fourth-order valence-corrected chi connectivity index (χ4v) is 4.24. The number of nitrogens with one attached hydrogen (secondary N) is 1. The molecule has 0 radical (unpaired) electrons. The fraction of sp³-hybridized carbons (Fsp3) is 0.222. The van der Waals surface area contributed by atoms with Crippen molar-refractivity contribution in [1.29, 1.82) is 0 Å². The number of para-hydroxylation sites is 1. The number of aromatic hydroxyl groups is 2. The molecule has 2 aromatic carbocycles. The lowest BCUT2D eigenvalue weighted by atomic mass is 9.76. The minimum absolute atomic E-state index is 0.0399. The van der Waals surface area contributed by atoms with Crippen LogP contribution in [0.2, 0.25) is 10.0 Å². The summed E-state index contributed by atoms with van der Waals surface area (Å²) in [5.41, 5.74) is 2.45. The van der Waals surface area contributed by atoms with Crippen molar-refractivity contribution < 1.29 is 10.2 Å². The van der Waals surface area contributed by atoms with Gasteiger partial charge in [-0.15, -0.1) is 0 Å². The van der Waals surface area contributed by atoms with Gasteiger partial charge >= 0.3 is 0 Å². The number of halogens is 2. The van der Waals surface area contributed by atoms with Gasteiger partial charge in [0.05, 0.1) is 16.8 Å². The number of phenols is 2. The van der Waals surface area contributed by atoms with Crippen molar-refractivity contribution in [3.05, 3.63) is 63.7 Å². The van der Waals surface area contributed by atoms with Crippen LogP contribution in [-0.4, -0.2) is 10.2 Å². The number of rotatable bonds is 1. The van der Waals surface area contributed by atoms with Gasteiger partial charge in [-0.1, -0.05) is 47.5 Å². The highest BCUT2D eigenvalue weighted by molar-refractivity contribution is 6.35. The third-order valence-corrected chi connectivity index (χ3v) is 5.27. The predicted molar refractivity (Wildman–Crippen MR) is 92.6 cm³/mol. The summed E-state index contributed by atoms with van der Waals surface area (Å²) in [7, 11) is 0. The van der Waals surface area contributed by atoms with Gasteiger partial charge in [-0.05, 0) is 36.1 Å². The molecule has 118 valence electrons. The summed E-state index contributed by atoms with van der Waals surface area (Å²) in [6, 6.07) is 8.63. The quantitative estimate of drug-likeness (QED) is 0.488. The predicted octanol–water partition coefficient (Wildman–Crippen LogP) is 5.23. The SMILES string of the molecule is Oc1cccc2c1NC(c1cc(Cl)cc(Cl)c1O)C1CC=CC21. The summed E-state index contributed by atoms with van der Waals surface area (Å²) in [6.07, 6.45) is 5.20. The number of phenolic OH excluding ortho intramolecular Hbond substituents is 2. The summed E-state index contributed by atoms with van der Waals surface area (Å²) >= 11 is 12.2. The van der Waals surface area contributed by atoms with Crippen LogP contribution in [0.4, 0.5) is 5.69 Å². The monoisotopic (exact) mass is 347 g/mol. The van der Waals surface area contributed by atoms with E-state index in [2.05, 4.69) is 17.5 Å². The molecule has 1 aliphatic carbocycles.